The van der Waals surface area contributed by atoms with Crippen molar-refractivity contribution in [2.45, 2.75) is 51.2 Å². The zero-order valence-corrected chi connectivity index (χ0v) is 21.4. The second-order valence-electron chi connectivity index (χ2n) is 9.32. The zero-order chi connectivity index (χ0) is 26.5. The minimum atomic E-state index is -0.910. The molecule has 1 aliphatic rings. The third kappa shape index (κ3) is 5.59. The van der Waals surface area contributed by atoms with Crippen molar-refractivity contribution in [1.29, 1.82) is 0 Å². The number of carbonyl (C=O) groups is 2. The molecule has 38 heavy (non-hydrogen) atoms. The molecule has 4 aromatic rings. The number of carbonyl (C=O) groups excluding carboxylic acids is 2. The number of rotatable bonds is 9. The van der Waals surface area contributed by atoms with Crippen LogP contribution in [0.5, 0.6) is 5.75 Å². The number of amides is 2. The predicted molar refractivity (Wildman–Crippen MR) is 140 cm³/mol. The molecule has 10 heteroatoms. The van der Waals surface area contributed by atoms with Crippen LogP contribution in [0.2, 0.25) is 0 Å². The highest BCUT2D eigenvalue weighted by Gasteiger charge is 2.34. The molecule has 5 rings (SSSR count). The fourth-order valence-corrected chi connectivity index (χ4v) is 4.74. The number of anilines is 1. The molecule has 196 valence electrons. The van der Waals surface area contributed by atoms with Gasteiger partial charge in [0.1, 0.15) is 24.1 Å². The highest BCUT2D eigenvalue weighted by molar-refractivity contribution is 6.01. The highest BCUT2D eigenvalue weighted by Crippen LogP contribution is 2.30. The summed E-state index contributed by atoms with van der Waals surface area (Å²) in [6, 6.07) is 19.1. The Morgan fingerprint density at radius 3 is 2.47 bits per heavy atom. The van der Waals surface area contributed by atoms with Crippen LogP contribution in [0.3, 0.4) is 0 Å². The molecule has 1 fully saturated rings. The predicted octanol–water partition coefficient (Wildman–Crippen LogP) is 4.08. The van der Waals surface area contributed by atoms with Crippen molar-refractivity contribution in [2.75, 3.05) is 12.0 Å². The van der Waals surface area contributed by atoms with Crippen molar-refractivity contribution in [2.24, 2.45) is 0 Å². The van der Waals surface area contributed by atoms with Crippen LogP contribution in [0.15, 0.2) is 71.1 Å². The quantitative estimate of drug-likeness (QED) is 0.358. The van der Waals surface area contributed by atoms with E-state index >= 15 is 0 Å². The molecule has 2 heterocycles. The summed E-state index contributed by atoms with van der Waals surface area (Å²) in [6.07, 6.45) is 4.01. The topological polar surface area (TPSA) is 115 Å². The van der Waals surface area contributed by atoms with Crippen LogP contribution in [0, 0.1) is 6.92 Å². The molecule has 0 spiro atoms. The van der Waals surface area contributed by atoms with Gasteiger partial charge < -0.3 is 14.5 Å². The number of ether oxygens (including phenoxy) is 1. The lowest BCUT2D eigenvalue weighted by atomic mass is 10.0. The summed E-state index contributed by atoms with van der Waals surface area (Å²) in [6.45, 7) is 1.61. The number of nitrogens with one attached hydrogen (secondary N) is 1. The van der Waals surface area contributed by atoms with Gasteiger partial charge in [-0.1, -0.05) is 43.2 Å². The van der Waals surface area contributed by atoms with E-state index in [4.69, 9.17) is 9.15 Å². The molecular weight excluding hydrogens is 484 g/mol. The molecule has 0 saturated heterocycles. The largest absolute Gasteiger partial charge is 0.497 e. The Hall–Kier alpha value is -4.47. The number of aromatic nitrogens is 4. The molecular formula is C28H30N6O4. The zero-order valence-electron chi connectivity index (χ0n) is 21.4. The number of benzene rings is 2. The lowest BCUT2D eigenvalue weighted by Crippen LogP contribution is -2.47. The SMILES string of the molecule is COc1ccc(C(C(=O)NC2CCCC2)N(C(=O)Cn2nnc(-c3ccc(C)o3)n2)c2ccccc2)cc1. The smallest absolute Gasteiger partial charge is 0.251 e. The van der Waals surface area contributed by atoms with E-state index in [1.165, 1.54) is 9.70 Å². The van der Waals surface area contributed by atoms with Crippen molar-refractivity contribution in [3.8, 4) is 17.3 Å². The minimum absolute atomic E-state index is 0.0901. The van der Waals surface area contributed by atoms with Crippen LogP contribution in [0.25, 0.3) is 11.6 Å². The van der Waals surface area contributed by atoms with Gasteiger partial charge in [-0.25, -0.2) is 0 Å². The average molecular weight is 515 g/mol. The Labute approximate surface area is 220 Å². The fraction of sp³-hybridized carbons (Fsp3) is 0.321. The molecule has 1 unspecified atom stereocenters. The molecule has 1 atom stereocenters. The maximum Gasteiger partial charge on any atom is 0.251 e. The van der Waals surface area contributed by atoms with Gasteiger partial charge in [-0.15, -0.1) is 10.2 Å². The second kappa shape index (κ2) is 11.3. The molecule has 2 aromatic carbocycles. The molecule has 0 aliphatic heterocycles. The summed E-state index contributed by atoms with van der Waals surface area (Å²) < 4.78 is 10.9. The van der Waals surface area contributed by atoms with E-state index in [0.29, 0.717) is 22.8 Å². The van der Waals surface area contributed by atoms with Gasteiger partial charge in [-0.05, 0) is 66.9 Å². The number of tetrazole rings is 1. The molecule has 1 saturated carbocycles. The maximum atomic E-state index is 13.9. The van der Waals surface area contributed by atoms with E-state index in [0.717, 1.165) is 31.4 Å². The summed E-state index contributed by atoms with van der Waals surface area (Å²) in [5.41, 5.74) is 1.25. The number of aryl methyl sites for hydroxylation is 1. The van der Waals surface area contributed by atoms with Gasteiger partial charge in [-0.2, -0.15) is 4.80 Å². The summed E-state index contributed by atoms with van der Waals surface area (Å²) in [4.78, 5) is 30.4. The van der Waals surface area contributed by atoms with Gasteiger partial charge in [-0.3, -0.25) is 14.5 Å². The van der Waals surface area contributed by atoms with Crippen LogP contribution in [0.1, 0.15) is 43.0 Å². The standard InChI is InChI=1S/C28H30N6O4/c1-19-12-17-24(38-19)27-30-32-33(31-27)18-25(35)34(22-10-4-3-5-11-22)26(20-13-15-23(37-2)16-14-20)28(36)29-21-8-6-7-9-21/h3-5,10-17,21,26H,6-9,18H2,1-2H3,(H,29,36). The fourth-order valence-electron chi connectivity index (χ4n) is 4.74. The average Bonchev–Trinajstić information content (AvgIpc) is 3.71. The number of furan rings is 1. The third-order valence-electron chi connectivity index (χ3n) is 6.63. The van der Waals surface area contributed by atoms with Gasteiger partial charge >= 0.3 is 0 Å². The van der Waals surface area contributed by atoms with E-state index in [1.54, 1.807) is 31.4 Å². The normalized spacial score (nSPS) is 14.3. The second-order valence-corrected chi connectivity index (χ2v) is 9.32. The van der Waals surface area contributed by atoms with Crippen molar-refractivity contribution >= 4 is 17.5 Å². The van der Waals surface area contributed by atoms with E-state index in [-0.39, 0.29) is 30.2 Å². The van der Waals surface area contributed by atoms with E-state index < -0.39 is 6.04 Å². The lowest BCUT2D eigenvalue weighted by Gasteiger charge is -2.32. The number of nitrogens with zero attached hydrogens (tertiary/aromatic N) is 5. The van der Waals surface area contributed by atoms with Crippen LogP contribution in [0.4, 0.5) is 5.69 Å². The molecule has 0 radical (unpaired) electrons. The highest BCUT2D eigenvalue weighted by atomic mass is 16.5. The Morgan fingerprint density at radius 1 is 1.08 bits per heavy atom. The van der Waals surface area contributed by atoms with E-state index in [1.807, 2.05) is 49.4 Å². The van der Waals surface area contributed by atoms with Gasteiger partial charge in [0.05, 0.1) is 7.11 Å². The summed E-state index contributed by atoms with van der Waals surface area (Å²) in [7, 11) is 1.59. The first-order valence-corrected chi connectivity index (χ1v) is 12.7. The summed E-state index contributed by atoms with van der Waals surface area (Å²) in [5.74, 6) is 1.53. The maximum absolute atomic E-state index is 13.9. The van der Waals surface area contributed by atoms with Gasteiger partial charge in [0.2, 0.25) is 11.7 Å². The minimum Gasteiger partial charge on any atom is -0.497 e. The van der Waals surface area contributed by atoms with Crippen molar-refractivity contribution in [3.63, 3.8) is 0 Å². The number of methoxy groups -OCH3 is 1. The Bertz CT molecular complexity index is 1380. The van der Waals surface area contributed by atoms with Gasteiger partial charge in [0, 0.05) is 11.7 Å². The molecule has 10 nitrogen and oxygen atoms in total. The van der Waals surface area contributed by atoms with E-state index in [2.05, 4.69) is 20.7 Å². The van der Waals surface area contributed by atoms with Gasteiger partial charge in [0.15, 0.2) is 5.76 Å². The molecule has 2 amide bonds. The van der Waals surface area contributed by atoms with Crippen molar-refractivity contribution in [3.05, 3.63) is 78.1 Å². The Balaban J connectivity index is 1.49. The first kappa shape index (κ1) is 25.2. The number of para-hydroxylation sites is 1. The van der Waals surface area contributed by atoms with Crippen molar-refractivity contribution < 1.29 is 18.7 Å². The number of hydrogen-bond acceptors (Lipinski definition) is 7. The Morgan fingerprint density at radius 2 is 1.82 bits per heavy atom. The first-order valence-electron chi connectivity index (χ1n) is 12.7. The third-order valence-corrected chi connectivity index (χ3v) is 6.63. The Kier molecular flexibility index (Phi) is 7.48. The first-order chi connectivity index (χ1) is 18.5. The summed E-state index contributed by atoms with van der Waals surface area (Å²) >= 11 is 0. The summed E-state index contributed by atoms with van der Waals surface area (Å²) in [5, 5.41) is 15.6. The van der Waals surface area contributed by atoms with Crippen molar-refractivity contribution in [1.82, 2.24) is 25.5 Å². The monoisotopic (exact) mass is 514 g/mol. The molecule has 2 aromatic heterocycles. The van der Waals surface area contributed by atoms with Crippen LogP contribution >= 0.6 is 0 Å². The number of hydrogen-bond donors (Lipinski definition) is 1. The van der Waals surface area contributed by atoms with Crippen LogP contribution < -0.4 is 15.0 Å². The molecule has 0 bridgehead atoms. The van der Waals surface area contributed by atoms with Crippen LogP contribution in [-0.4, -0.2) is 45.2 Å². The lowest BCUT2D eigenvalue weighted by molar-refractivity contribution is -0.127. The van der Waals surface area contributed by atoms with Gasteiger partial charge in [0.25, 0.3) is 5.91 Å². The van der Waals surface area contributed by atoms with E-state index in [9.17, 15) is 9.59 Å². The van der Waals surface area contributed by atoms with Crippen LogP contribution in [-0.2, 0) is 16.1 Å². The molecule has 1 aliphatic carbocycles. The molecule has 1 N–H and O–H groups in total.